The summed E-state index contributed by atoms with van der Waals surface area (Å²) in [6, 6.07) is 2.41. The Hall–Kier alpha value is -2.57. The van der Waals surface area contributed by atoms with Crippen LogP contribution < -0.4 is 4.74 Å². The van der Waals surface area contributed by atoms with Gasteiger partial charge in [0.05, 0.1) is 17.6 Å². The van der Waals surface area contributed by atoms with E-state index in [1.54, 1.807) is 0 Å². The van der Waals surface area contributed by atoms with Crippen LogP contribution in [0.1, 0.15) is 40.5 Å². The van der Waals surface area contributed by atoms with Crippen LogP contribution in [-0.2, 0) is 0 Å². The lowest BCUT2D eigenvalue weighted by atomic mass is 10.1. The molecule has 0 spiro atoms. The number of rotatable bonds is 4. The molecule has 0 unspecified atom stereocenters. The average molecular weight is 306 g/mol. The van der Waals surface area contributed by atoms with Crippen molar-refractivity contribution in [1.82, 2.24) is 9.97 Å². The quantitative estimate of drug-likeness (QED) is 0.876. The van der Waals surface area contributed by atoms with E-state index in [-0.39, 0.29) is 23.1 Å². The normalized spacial score (nSPS) is 14.0. The third kappa shape index (κ3) is 2.61. The molecule has 22 heavy (non-hydrogen) atoms. The molecule has 0 bridgehead atoms. The Labute approximate surface area is 124 Å². The highest BCUT2D eigenvalue weighted by molar-refractivity contribution is 5.91. The van der Waals surface area contributed by atoms with Crippen LogP contribution in [0, 0.1) is 18.7 Å². The molecular weight excluding hydrogens is 294 g/mol. The first-order chi connectivity index (χ1) is 10.5. The van der Waals surface area contributed by atoms with E-state index < -0.39 is 23.3 Å². The van der Waals surface area contributed by atoms with Crippen molar-refractivity contribution in [3.05, 3.63) is 47.0 Å². The largest absolute Gasteiger partial charge is 0.477 e. The molecule has 1 fully saturated rings. The maximum absolute atomic E-state index is 13.8. The van der Waals surface area contributed by atoms with Crippen molar-refractivity contribution in [3.63, 3.8) is 0 Å². The van der Waals surface area contributed by atoms with Crippen LogP contribution in [0.2, 0.25) is 0 Å². The van der Waals surface area contributed by atoms with E-state index in [0.717, 1.165) is 25.1 Å². The molecule has 1 aliphatic carbocycles. The number of pyridine rings is 2. The van der Waals surface area contributed by atoms with Gasteiger partial charge in [-0.3, -0.25) is 4.98 Å². The minimum atomic E-state index is -1.44. The van der Waals surface area contributed by atoms with Crippen molar-refractivity contribution in [1.29, 1.82) is 0 Å². The van der Waals surface area contributed by atoms with Gasteiger partial charge in [0, 0.05) is 5.92 Å². The lowest BCUT2D eigenvalue weighted by Gasteiger charge is -2.14. The Bertz CT molecular complexity index is 761. The zero-order valence-corrected chi connectivity index (χ0v) is 11.6. The van der Waals surface area contributed by atoms with Gasteiger partial charge in [-0.2, -0.15) is 4.39 Å². The number of aromatic nitrogens is 2. The number of hydrogen-bond donors (Lipinski definition) is 1. The van der Waals surface area contributed by atoms with Crippen LogP contribution in [0.4, 0.5) is 8.78 Å². The molecule has 7 heteroatoms. The van der Waals surface area contributed by atoms with E-state index in [4.69, 9.17) is 4.74 Å². The summed E-state index contributed by atoms with van der Waals surface area (Å²) in [5.74, 6) is -3.00. The van der Waals surface area contributed by atoms with E-state index >= 15 is 0 Å². The van der Waals surface area contributed by atoms with Crippen molar-refractivity contribution in [3.8, 4) is 11.5 Å². The van der Waals surface area contributed by atoms with Crippen molar-refractivity contribution in [2.45, 2.75) is 25.7 Å². The topological polar surface area (TPSA) is 72.3 Å². The number of aromatic carboxylic acids is 1. The predicted octanol–water partition coefficient (Wildman–Crippen LogP) is 3.43. The number of carboxylic acids is 1. The van der Waals surface area contributed by atoms with Crippen LogP contribution in [-0.4, -0.2) is 21.0 Å². The van der Waals surface area contributed by atoms with Gasteiger partial charge in [-0.1, -0.05) is 0 Å². The monoisotopic (exact) mass is 306 g/mol. The number of ether oxygens (including phenoxy) is 1. The molecule has 0 saturated heterocycles. The number of nitrogens with zero attached hydrogens (tertiary/aromatic N) is 2. The number of hydrogen-bond acceptors (Lipinski definition) is 4. The minimum Gasteiger partial charge on any atom is -0.477 e. The van der Waals surface area contributed by atoms with Gasteiger partial charge in [-0.15, -0.1) is 0 Å². The average Bonchev–Trinajstić information content (AvgIpc) is 3.26. The third-order valence-corrected chi connectivity index (χ3v) is 3.41. The maximum Gasteiger partial charge on any atom is 0.342 e. The first-order valence-electron chi connectivity index (χ1n) is 6.70. The molecule has 2 aromatic rings. The van der Waals surface area contributed by atoms with Gasteiger partial charge in [-0.05, 0) is 31.9 Å². The number of carboxylic acid groups (broad SMARTS) is 1. The van der Waals surface area contributed by atoms with E-state index in [1.807, 2.05) is 0 Å². The summed E-state index contributed by atoms with van der Waals surface area (Å²) in [7, 11) is 0. The SMILES string of the molecule is Cc1nc(F)ccc1Oc1c(C2CC2)ncc(F)c1C(=O)O. The fraction of sp³-hybridized carbons (Fsp3) is 0.267. The first-order valence-corrected chi connectivity index (χ1v) is 6.70. The van der Waals surface area contributed by atoms with Crippen LogP contribution in [0.3, 0.4) is 0 Å². The molecule has 0 aromatic carbocycles. The molecule has 0 radical (unpaired) electrons. The highest BCUT2D eigenvalue weighted by atomic mass is 19.1. The van der Waals surface area contributed by atoms with Gasteiger partial charge < -0.3 is 9.84 Å². The van der Waals surface area contributed by atoms with Gasteiger partial charge in [0.1, 0.15) is 11.3 Å². The molecule has 0 amide bonds. The van der Waals surface area contributed by atoms with Crippen LogP contribution in [0.5, 0.6) is 11.5 Å². The summed E-state index contributed by atoms with van der Waals surface area (Å²) >= 11 is 0. The third-order valence-electron chi connectivity index (χ3n) is 3.41. The predicted molar refractivity (Wildman–Crippen MR) is 72.1 cm³/mol. The van der Waals surface area contributed by atoms with Crippen LogP contribution >= 0.6 is 0 Å². The number of carbonyl (C=O) groups is 1. The second-order valence-electron chi connectivity index (χ2n) is 5.09. The molecule has 2 aromatic heterocycles. The lowest BCUT2D eigenvalue weighted by Crippen LogP contribution is -2.08. The lowest BCUT2D eigenvalue weighted by molar-refractivity contribution is 0.0688. The smallest absolute Gasteiger partial charge is 0.342 e. The molecule has 1 N–H and O–H groups in total. The van der Waals surface area contributed by atoms with Crippen LogP contribution in [0.25, 0.3) is 0 Å². The minimum absolute atomic E-state index is 0.0578. The summed E-state index contributed by atoms with van der Waals surface area (Å²) in [4.78, 5) is 18.9. The van der Waals surface area contributed by atoms with E-state index in [2.05, 4.69) is 9.97 Å². The first kappa shape index (κ1) is 14.4. The van der Waals surface area contributed by atoms with Gasteiger partial charge in [-0.25, -0.2) is 14.2 Å². The molecule has 0 aliphatic heterocycles. The highest BCUT2D eigenvalue weighted by Gasteiger charge is 2.33. The highest BCUT2D eigenvalue weighted by Crippen LogP contribution is 2.45. The number of aryl methyl sites for hydroxylation is 1. The summed E-state index contributed by atoms with van der Waals surface area (Å²) < 4.78 is 32.4. The summed E-state index contributed by atoms with van der Waals surface area (Å²) in [5.41, 5.74) is 0.0745. The second-order valence-corrected chi connectivity index (χ2v) is 5.09. The summed E-state index contributed by atoms with van der Waals surface area (Å²) in [6.07, 6.45) is 2.57. The standard InChI is InChI=1S/C15H12F2N2O3/c1-7-10(4-5-11(17)19-7)22-14-12(15(20)21)9(16)6-18-13(14)8-2-3-8/h4-6,8H,2-3H2,1H3,(H,20,21). The Morgan fingerprint density at radius 1 is 1.36 bits per heavy atom. The second kappa shape index (κ2) is 5.32. The van der Waals surface area contributed by atoms with Gasteiger partial charge in [0.2, 0.25) is 5.95 Å². The molecule has 5 nitrogen and oxygen atoms in total. The van der Waals surface area contributed by atoms with E-state index in [1.165, 1.54) is 13.0 Å². The van der Waals surface area contributed by atoms with E-state index in [0.29, 0.717) is 5.69 Å². The molecule has 114 valence electrons. The van der Waals surface area contributed by atoms with Gasteiger partial charge in [0.15, 0.2) is 11.6 Å². The summed E-state index contributed by atoms with van der Waals surface area (Å²) in [6.45, 7) is 1.52. The maximum atomic E-state index is 13.8. The van der Waals surface area contributed by atoms with Gasteiger partial charge >= 0.3 is 5.97 Å². The fourth-order valence-electron chi connectivity index (χ4n) is 2.17. The molecule has 0 atom stereocenters. The van der Waals surface area contributed by atoms with Crippen molar-refractivity contribution >= 4 is 5.97 Å². The fourth-order valence-corrected chi connectivity index (χ4v) is 2.17. The van der Waals surface area contributed by atoms with Crippen molar-refractivity contribution < 1.29 is 23.4 Å². The molecule has 3 rings (SSSR count). The van der Waals surface area contributed by atoms with Crippen molar-refractivity contribution in [2.75, 3.05) is 0 Å². The van der Waals surface area contributed by atoms with Crippen molar-refractivity contribution in [2.24, 2.45) is 0 Å². The number of halogens is 2. The molecule has 1 saturated carbocycles. The molecular formula is C15H12F2N2O3. The van der Waals surface area contributed by atoms with Gasteiger partial charge in [0.25, 0.3) is 0 Å². The van der Waals surface area contributed by atoms with Crippen LogP contribution in [0.15, 0.2) is 18.3 Å². The molecule has 1 aliphatic rings. The Kier molecular flexibility index (Phi) is 3.48. The van der Waals surface area contributed by atoms with E-state index in [9.17, 15) is 18.7 Å². The Morgan fingerprint density at radius 2 is 2.09 bits per heavy atom. The summed E-state index contributed by atoms with van der Waals surface area (Å²) in [5, 5.41) is 9.24. The Balaban J connectivity index is 2.11. The zero-order chi connectivity index (χ0) is 15.9. The molecule has 2 heterocycles. The Morgan fingerprint density at radius 3 is 2.68 bits per heavy atom. The zero-order valence-electron chi connectivity index (χ0n) is 11.6.